The Labute approximate surface area is 341 Å². The minimum atomic E-state index is -4.51. The molecule has 0 saturated heterocycles. The Bertz CT molecular complexity index is 936. The third-order valence-corrected chi connectivity index (χ3v) is 11.1. The Kier molecular flexibility index (Phi) is 38.8. The molecule has 0 spiro atoms. The van der Waals surface area contributed by atoms with Crippen LogP contribution >= 0.6 is 7.82 Å². The van der Waals surface area contributed by atoms with Gasteiger partial charge in [0.2, 0.25) is 0 Å². The van der Waals surface area contributed by atoms with Gasteiger partial charge >= 0.3 is 5.97 Å². The van der Waals surface area contributed by atoms with Crippen LogP contribution in [-0.2, 0) is 27.9 Å². The number of carbonyl (C=O) groups is 1. The van der Waals surface area contributed by atoms with E-state index in [0.717, 1.165) is 32.1 Å². The number of quaternary nitrogens is 1. The molecule has 0 N–H and O–H groups in total. The van der Waals surface area contributed by atoms with Crippen LogP contribution in [0.5, 0.6) is 0 Å². The Morgan fingerprint density at radius 2 is 0.964 bits per heavy atom. The van der Waals surface area contributed by atoms with E-state index in [4.69, 9.17) is 18.5 Å². The summed E-state index contributed by atoms with van der Waals surface area (Å²) in [5, 5.41) is 0. The van der Waals surface area contributed by atoms with Crippen LogP contribution in [-0.4, -0.2) is 64.1 Å². The normalized spacial score (nSPS) is 13.9. The smallest absolute Gasteiger partial charge is 0.305 e. The maximum atomic E-state index is 12.5. The van der Waals surface area contributed by atoms with Crippen molar-refractivity contribution in [1.29, 1.82) is 0 Å². The molecule has 0 amide bonds. The number of phosphoric acid groups is 1. The van der Waals surface area contributed by atoms with Crippen LogP contribution < -0.4 is 4.89 Å². The van der Waals surface area contributed by atoms with E-state index in [0.29, 0.717) is 17.4 Å². The van der Waals surface area contributed by atoms with Crippen LogP contribution in [0.1, 0.15) is 213 Å². The number of ether oxygens (including phenoxy) is 2. The molecule has 8 nitrogen and oxygen atoms in total. The monoisotopic (exact) mass is 800 g/mol. The van der Waals surface area contributed by atoms with E-state index < -0.39 is 13.9 Å². The second-order valence-electron chi connectivity index (χ2n) is 16.8. The van der Waals surface area contributed by atoms with E-state index >= 15 is 0 Å². The molecule has 0 aliphatic carbocycles. The Hall–Kier alpha value is -1.18. The van der Waals surface area contributed by atoms with Crippen molar-refractivity contribution in [1.82, 2.24) is 0 Å². The summed E-state index contributed by atoms with van der Waals surface area (Å²) in [5.41, 5.74) is 0. The van der Waals surface area contributed by atoms with Gasteiger partial charge in [-0.2, -0.15) is 0 Å². The molecule has 0 aliphatic rings. The zero-order valence-corrected chi connectivity index (χ0v) is 37.8. The van der Waals surface area contributed by atoms with Crippen LogP contribution in [0.4, 0.5) is 0 Å². The maximum absolute atomic E-state index is 12.5. The minimum Gasteiger partial charge on any atom is -0.756 e. The van der Waals surface area contributed by atoms with Crippen LogP contribution in [0.15, 0.2) is 24.5 Å². The average molecular weight is 800 g/mol. The molecule has 0 bridgehead atoms. The maximum Gasteiger partial charge on any atom is 0.305 e. The number of esters is 1. The lowest BCUT2D eigenvalue weighted by atomic mass is 10.0. The quantitative estimate of drug-likeness (QED) is 0.0151. The standard InChI is InChI=1S/C46H90NO7P/c1-6-8-10-12-14-16-18-20-22-24-25-27-29-31-33-35-37-39-46(48)52-43-45(44-54-55(49,50)53-42-40-47(3,4)5)51-41-38-36-34-32-30-28-26-23-21-19-17-15-13-11-9-7-2/h17,19,38,41,45H,6-16,18,20-37,39-40,42-44H2,1-5H3/b19-17-,41-38-. The van der Waals surface area contributed by atoms with Gasteiger partial charge in [0, 0.05) is 6.42 Å². The van der Waals surface area contributed by atoms with Crippen molar-refractivity contribution in [3.05, 3.63) is 24.5 Å². The highest BCUT2D eigenvalue weighted by molar-refractivity contribution is 7.45. The van der Waals surface area contributed by atoms with Gasteiger partial charge in [-0.25, -0.2) is 0 Å². The Morgan fingerprint density at radius 3 is 1.42 bits per heavy atom. The van der Waals surface area contributed by atoms with Crippen molar-refractivity contribution in [2.75, 3.05) is 47.5 Å². The third kappa shape index (κ3) is 43.8. The van der Waals surface area contributed by atoms with Gasteiger partial charge in [0.25, 0.3) is 7.82 Å². The summed E-state index contributed by atoms with van der Waals surface area (Å²) in [6, 6.07) is 0. The number of allylic oxidation sites excluding steroid dienone is 3. The van der Waals surface area contributed by atoms with Crippen LogP contribution in [0.25, 0.3) is 0 Å². The van der Waals surface area contributed by atoms with Gasteiger partial charge in [0.1, 0.15) is 19.8 Å². The van der Waals surface area contributed by atoms with E-state index in [1.165, 1.54) is 161 Å². The molecule has 9 heteroatoms. The Morgan fingerprint density at radius 1 is 0.564 bits per heavy atom. The van der Waals surface area contributed by atoms with Gasteiger partial charge in [0.15, 0.2) is 6.10 Å². The molecule has 55 heavy (non-hydrogen) atoms. The molecule has 2 unspecified atom stereocenters. The van der Waals surface area contributed by atoms with Crippen molar-refractivity contribution in [2.45, 2.75) is 219 Å². The summed E-state index contributed by atoms with van der Waals surface area (Å²) in [4.78, 5) is 24.9. The molecule has 0 fully saturated rings. The summed E-state index contributed by atoms with van der Waals surface area (Å²) < 4.78 is 34.4. The summed E-state index contributed by atoms with van der Waals surface area (Å²) in [6.45, 7) is 4.72. The first-order valence-electron chi connectivity index (χ1n) is 23.1. The third-order valence-electron chi connectivity index (χ3n) is 10.1. The number of hydrogen-bond donors (Lipinski definition) is 0. The fourth-order valence-corrected chi connectivity index (χ4v) is 7.14. The molecule has 0 aromatic carbocycles. The zero-order valence-electron chi connectivity index (χ0n) is 36.9. The van der Waals surface area contributed by atoms with Crippen LogP contribution in [0.2, 0.25) is 0 Å². The number of nitrogens with zero attached hydrogens (tertiary/aromatic N) is 1. The van der Waals surface area contributed by atoms with Crippen molar-refractivity contribution in [3.63, 3.8) is 0 Å². The highest BCUT2D eigenvalue weighted by Gasteiger charge is 2.19. The zero-order chi connectivity index (χ0) is 40.6. The molecule has 0 aliphatic heterocycles. The molecule has 0 aromatic rings. The summed E-state index contributed by atoms with van der Waals surface area (Å²) in [6.07, 6.45) is 45.7. The SMILES string of the molecule is CCCCCC/C=C\CCCCCCCC/C=C\OC(COC(=O)CCCCCCCCCCCCCCCCCCC)COP(=O)([O-])OCC[N+](C)(C)C. The van der Waals surface area contributed by atoms with Gasteiger partial charge < -0.3 is 27.9 Å². The Balaban J connectivity index is 4.23. The largest absolute Gasteiger partial charge is 0.756 e. The van der Waals surface area contributed by atoms with Crippen LogP contribution in [0, 0.1) is 0 Å². The molecular weight excluding hydrogens is 709 g/mol. The van der Waals surface area contributed by atoms with E-state index in [1.807, 2.05) is 27.2 Å². The van der Waals surface area contributed by atoms with Gasteiger partial charge in [-0.1, -0.05) is 174 Å². The number of hydrogen-bond acceptors (Lipinski definition) is 7. The lowest BCUT2D eigenvalue weighted by molar-refractivity contribution is -0.870. The minimum absolute atomic E-state index is 0.0281. The second-order valence-corrected chi connectivity index (χ2v) is 18.2. The summed E-state index contributed by atoms with van der Waals surface area (Å²) >= 11 is 0. The van der Waals surface area contributed by atoms with Crippen LogP contribution in [0.3, 0.4) is 0 Å². The van der Waals surface area contributed by atoms with Crippen molar-refractivity contribution in [2.24, 2.45) is 0 Å². The molecule has 0 heterocycles. The number of rotatable bonds is 43. The molecule has 0 aromatic heterocycles. The molecule has 2 atom stereocenters. The first-order chi connectivity index (χ1) is 26.6. The number of likely N-dealkylation sites (N-methyl/N-ethyl adjacent to an activating group) is 1. The molecule has 0 rings (SSSR count). The number of phosphoric ester groups is 1. The summed E-state index contributed by atoms with van der Waals surface area (Å²) in [7, 11) is 1.37. The van der Waals surface area contributed by atoms with Gasteiger partial charge in [-0.15, -0.1) is 0 Å². The highest BCUT2D eigenvalue weighted by atomic mass is 31.2. The van der Waals surface area contributed by atoms with Gasteiger partial charge in [0.05, 0.1) is 34.0 Å². The van der Waals surface area contributed by atoms with E-state index in [1.54, 1.807) is 6.26 Å². The fraction of sp³-hybridized carbons (Fsp3) is 0.891. The second kappa shape index (κ2) is 39.6. The molecule has 0 saturated carbocycles. The lowest BCUT2D eigenvalue weighted by Gasteiger charge is -2.28. The predicted octanol–water partition coefficient (Wildman–Crippen LogP) is 13.3. The van der Waals surface area contributed by atoms with Crippen molar-refractivity contribution < 1.29 is 37.3 Å². The highest BCUT2D eigenvalue weighted by Crippen LogP contribution is 2.38. The number of carbonyl (C=O) groups excluding carboxylic acids is 1. The first kappa shape index (κ1) is 53.8. The fourth-order valence-electron chi connectivity index (χ4n) is 6.41. The van der Waals surface area contributed by atoms with E-state index in [-0.39, 0.29) is 25.8 Å². The van der Waals surface area contributed by atoms with Gasteiger partial charge in [-0.3, -0.25) is 9.36 Å². The predicted molar refractivity (Wildman–Crippen MR) is 231 cm³/mol. The molecule has 0 radical (unpaired) electrons. The first-order valence-corrected chi connectivity index (χ1v) is 24.6. The number of unbranched alkanes of at least 4 members (excludes halogenated alkanes) is 27. The van der Waals surface area contributed by atoms with E-state index in [9.17, 15) is 14.3 Å². The van der Waals surface area contributed by atoms with E-state index in [2.05, 4.69) is 26.0 Å². The summed E-state index contributed by atoms with van der Waals surface area (Å²) in [5.74, 6) is -0.290. The topological polar surface area (TPSA) is 94.1 Å². The lowest BCUT2D eigenvalue weighted by Crippen LogP contribution is -2.37. The molecule has 326 valence electrons. The van der Waals surface area contributed by atoms with Crippen molar-refractivity contribution in [3.8, 4) is 0 Å². The van der Waals surface area contributed by atoms with Gasteiger partial charge in [-0.05, 0) is 51.0 Å². The average Bonchev–Trinajstić information content (AvgIpc) is 3.14. The van der Waals surface area contributed by atoms with Crippen molar-refractivity contribution >= 4 is 13.8 Å². The molecular formula is C46H90NO7P.